The summed E-state index contributed by atoms with van der Waals surface area (Å²) in [5.74, 6) is -0.216. The number of rotatable bonds is 5. The third-order valence-corrected chi connectivity index (χ3v) is 4.15. The van der Waals surface area contributed by atoms with Gasteiger partial charge < -0.3 is 10.0 Å². The molecule has 0 radical (unpaired) electrons. The number of amides is 1. The van der Waals surface area contributed by atoms with E-state index in [1.807, 2.05) is 0 Å². The van der Waals surface area contributed by atoms with Gasteiger partial charge in [-0.1, -0.05) is 6.92 Å². The lowest BCUT2D eigenvalue weighted by molar-refractivity contribution is -0.387. The lowest BCUT2D eigenvalue weighted by atomic mass is 10.2. The number of thioether (sulfide) groups is 1. The molecule has 1 rings (SSSR count). The predicted molar refractivity (Wildman–Crippen MR) is 78.1 cm³/mol. The summed E-state index contributed by atoms with van der Waals surface area (Å²) in [6, 6.07) is 4.27. The Labute approximate surface area is 121 Å². The lowest BCUT2D eigenvalue weighted by Crippen LogP contribution is -2.21. The number of nitro groups is 1. The molecular weight excluding hydrogens is 280 g/mol. The van der Waals surface area contributed by atoms with Crippen molar-refractivity contribution in [3.8, 4) is 0 Å². The maximum Gasteiger partial charge on any atom is 0.282 e. The molecule has 2 unspecified atom stereocenters. The van der Waals surface area contributed by atoms with Crippen molar-refractivity contribution in [2.75, 3.05) is 14.1 Å². The zero-order valence-electron chi connectivity index (χ0n) is 11.9. The monoisotopic (exact) mass is 298 g/mol. The highest BCUT2D eigenvalue weighted by atomic mass is 32.2. The fraction of sp³-hybridized carbons (Fsp3) is 0.462. The van der Waals surface area contributed by atoms with Gasteiger partial charge in [-0.2, -0.15) is 0 Å². The van der Waals surface area contributed by atoms with Gasteiger partial charge in [-0.15, -0.1) is 11.8 Å². The highest BCUT2D eigenvalue weighted by molar-refractivity contribution is 8.00. The molecule has 0 aliphatic carbocycles. The van der Waals surface area contributed by atoms with E-state index in [1.165, 1.54) is 34.9 Å². The van der Waals surface area contributed by atoms with E-state index in [9.17, 15) is 20.0 Å². The van der Waals surface area contributed by atoms with E-state index in [-0.39, 0.29) is 16.8 Å². The third kappa shape index (κ3) is 3.94. The molecule has 2 atom stereocenters. The Hall–Kier alpha value is -1.60. The van der Waals surface area contributed by atoms with Gasteiger partial charge in [0.25, 0.3) is 11.6 Å². The van der Waals surface area contributed by atoms with Crippen LogP contribution in [0.5, 0.6) is 0 Å². The minimum Gasteiger partial charge on any atom is -0.392 e. The molecule has 1 N–H and O–H groups in total. The summed E-state index contributed by atoms with van der Waals surface area (Å²) in [5.41, 5.74) is 0.332. The van der Waals surface area contributed by atoms with Gasteiger partial charge in [-0.05, 0) is 19.1 Å². The Kier molecular flexibility index (Phi) is 5.52. The molecule has 0 aromatic heterocycles. The van der Waals surface area contributed by atoms with Gasteiger partial charge in [-0.25, -0.2) is 0 Å². The van der Waals surface area contributed by atoms with Crippen molar-refractivity contribution in [1.29, 1.82) is 0 Å². The molecule has 0 aliphatic rings. The Morgan fingerprint density at radius 3 is 2.45 bits per heavy atom. The van der Waals surface area contributed by atoms with Crippen molar-refractivity contribution in [3.05, 3.63) is 33.9 Å². The van der Waals surface area contributed by atoms with Gasteiger partial charge in [0, 0.05) is 31.0 Å². The van der Waals surface area contributed by atoms with E-state index in [4.69, 9.17) is 0 Å². The first-order valence-electron chi connectivity index (χ1n) is 6.09. The maximum absolute atomic E-state index is 11.9. The van der Waals surface area contributed by atoms with Crippen LogP contribution in [-0.4, -0.2) is 46.3 Å². The average molecular weight is 298 g/mol. The Balaban J connectivity index is 3.19. The molecular formula is C13H18N2O4S. The molecule has 1 aromatic rings. The van der Waals surface area contributed by atoms with Gasteiger partial charge in [0.1, 0.15) is 0 Å². The summed E-state index contributed by atoms with van der Waals surface area (Å²) in [6.07, 6.45) is -0.604. The van der Waals surface area contributed by atoms with E-state index >= 15 is 0 Å². The van der Waals surface area contributed by atoms with E-state index in [0.717, 1.165) is 0 Å². The molecule has 0 aliphatic heterocycles. The first kappa shape index (κ1) is 16.5. The second kappa shape index (κ2) is 6.71. The molecule has 110 valence electrons. The Morgan fingerprint density at radius 2 is 2.00 bits per heavy atom. The molecule has 0 bridgehead atoms. The molecule has 0 saturated carbocycles. The SMILES string of the molecule is CC(O)C(C)Sc1cc(C(=O)N(C)C)ccc1[N+](=O)[O-]. The second-order valence-corrected chi connectivity index (χ2v) is 6.12. The fourth-order valence-corrected chi connectivity index (χ4v) is 2.51. The van der Waals surface area contributed by atoms with Crippen LogP contribution in [0.3, 0.4) is 0 Å². The summed E-state index contributed by atoms with van der Waals surface area (Å²) >= 11 is 1.19. The standard InChI is InChI=1S/C13H18N2O4S/c1-8(16)9(2)20-12-7-10(13(17)14(3)4)5-6-11(12)15(18)19/h5-9,16H,1-4H3. The quantitative estimate of drug-likeness (QED) is 0.511. The Bertz CT molecular complexity index is 517. The minimum atomic E-state index is -0.604. The van der Waals surface area contributed by atoms with Crippen molar-refractivity contribution in [2.45, 2.75) is 30.1 Å². The molecule has 0 heterocycles. The Morgan fingerprint density at radius 1 is 1.40 bits per heavy atom. The van der Waals surface area contributed by atoms with Crippen molar-refractivity contribution < 1.29 is 14.8 Å². The minimum absolute atomic E-state index is 0.0576. The van der Waals surface area contributed by atoms with Crippen LogP contribution in [0, 0.1) is 10.1 Å². The molecule has 0 spiro atoms. The van der Waals surface area contributed by atoms with E-state index in [1.54, 1.807) is 27.9 Å². The predicted octanol–water partition coefficient (Wildman–Crippen LogP) is 2.16. The average Bonchev–Trinajstić information content (AvgIpc) is 2.37. The van der Waals surface area contributed by atoms with Gasteiger partial charge in [0.05, 0.1) is 15.9 Å². The van der Waals surface area contributed by atoms with Crippen LogP contribution in [-0.2, 0) is 0 Å². The van der Waals surface area contributed by atoms with E-state index < -0.39 is 11.0 Å². The normalized spacial score (nSPS) is 13.7. The smallest absolute Gasteiger partial charge is 0.282 e. The van der Waals surface area contributed by atoms with Crippen LogP contribution < -0.4 is 0 Å². The summed E-state index contributed by atoms with van der Waals surface area (Å²) in [7, 11) is 3.24. The van der Waals surface area contributed by atoms with E-state index in [0.29, 0.717) is 10.5 Å². The molecule has 0 fully saturated rings. The van der Waals surface area contributed by atoms with Crippen LogP contribution in [0.15, 0.2) is 23.1 Å². The number of nitrogens with zero attached hydrogens (tertiary/aromatic N) is 2. The molecule has 6 nitrogen and oxygen atoms in total. The van der Waals surface area contributed by atoms with Crippen LogP contribution in [0.2, 0.25) is 0 Å². The highest BCUT2D eigenvalue weighted by Gasteiger charge is 2.21. The highest BCUT2D eigenvalue weighted by Crippen LogP contribution is 2.34. The second-order valence-electron chi connectivity index (χ2n) is 4.70. The molecule has 20 heavy (non-hydrogen) atoms. The number of nitro benzene ring substituents is 1. The summed E-state index contributed by atoms with van der Waals surface area (Å²) in [6.45, 7) is 3.40. The topological polar surface area (TPSA) is 83.7 Å². The fourth-order valence-electron chi connectivity index (χ4n) is 1.45. The number of aliphatic hydroxyl groups excluding tert-OH is 1. The number of hydrogen-bond acceptors (Lipinski definition) is 5. The summed E-state index contributed by atoms with van der Waals surface area (Å²) in [4.78, 5) is 24.2. The summed E-state index contributed by atoms with van der Waals surface area (Å²) in [5, 5.41) is 20.3. The van der Waals surface area contributed by atoms with Gasteiger partial charge in [0.15, 0.2) is 0 Å². The van der Waals surface area contributed by atoms with Crippen LogP contribution >= 0.6 is 11.8 Å². The van der Waals surface area contributed by atoms with Crippen LogP contribution in [0.1, 0.15) is 24.2 Å². The van der Waals surface area contributed by atoms with Crippen LogP contribution in [0.25, 0.3) is 0 Å². The first-order valence-corrected chi connectivity index (χ1v) is 6.96. The van der Waals surface area contributed by atoms with Crippen molar-refractivity contribution in [2.24, 2.45) is 0 Å². The zero-order valence-corrected chi connectivity index (χ0v) is 12.7. The van der Waals surface area contributed by atoms with Gasteiger partial charge >= 0.3 is 0 Å². The molecule has 1 amide bonds. The molecule has 0 saturated heterocycles. The largest absolute Gasteiger partial charge is 0.392 e. The van der Waals surface area contributed by atoms with Gasteiger partial charge in [-0.3, -0.25) is 14.9 Å². The van der Waals surface area contributed by atoms with Crippen molar-refractivity contribution >= 4 is 23.4 Å². The van der Waals surface area contributed by atoms with Crippen molar-refractivity contribution in [3.63, 3.8) is 0 Å². The number of carbonyl (C=O) groups excluding carboxylic acids is 1. The molecule has 7 heteroatoms. The molecule has 1 aromatic carbocycles. The number of carbonyl (C=O) groups is 1. The zero-order chi connectivity index (χ0) is 15.4. The van der Waals surface area contributed by atoms with Crippen LogP contribution in [0.4, 0.5) is 5.69 Å². The lowest BCUT2D eigenvalue weighted by Gasteiger charge is -2.15. The van der Waals surface area contributed by atoms with Gasteiger partial charge in [0.2, 0.25) is 0 Å². The number of aliphatic hydroxyl groups is 1. The maximum atomic E-state index is 11.9. The summed E-state index contributed by atoms with van der Waals surface area (Å²) < 4.78 is 0. The number of benzene rings is 1. The van der Waals surface area contributed by atoms with Crippen molar-refractivity contribution in [1.82, 2.24) is 4.90 Å². The third-order valence-electron chi connectivity index (χ3n) is 2.80. The van der Waals surface area contributed by atoms with E-state index in [2.05, 4.69) is 0 Å². The first-order chi connectivity index (χ1) is 9.23. The number of hydrogen-bond donors (Lipinski definition) is 1.